The second kappa shape index (κ2) is 5.07. The van der Waals surface area contributed by atoms with E-state index in [-0.39, 0.29) is 5.56 Å². The van der Waals surface area contributed by atoms with E-state index in [0.717, 1.165) is 0 Å². The summed E-state index contributed by atoms with van der Waals surface area (Å²) in [5.74, 6) is -1.13. The number of anilines is 1. The molecule has 0 bridgehead atoms. The lowest BCUT2D eigenvalue weighted by Gasteiger charge is -2.26. The first-order chi connectivity index (χ1) is 8.31. The van der Waals surface area contributed by atoms with Crippen molar-refractivity contribution in [1.82, 2.24) is 9.78 Å². The molecular weight excluding hydrogens is 236 g/mol. The zero-order chi connectivity index (χ0) is 14.0. The van der Waals surface area contributed by atoms with Gasteiger partial charge in [0.2, 0.25) is 0 Å². The minimum Gasteiger partial charge on any atom is -0.480 e. The summed E-state index contributed by atoms with van der Waals surface area (Å²) in [6.07, 6.45) is 0.411. The van der Waals surface area contributed by atoms with E-state index in [0.29, 0.717) is 17.9 Å². The van der Waals surface area contributed by atoms with E-state index < -0.39 is 17.9 Å². The van der Waals surface area contributed by atoms with Crippen LogP contribution in [-0.4, -0.2) is 39.9 Å². The van der Waals surface area contributed by atoms with Gasteiger partial charge in [0.25, 0.3) is 5.91 Å². The van der Waals surface area contributed by atoms with Gasteiger partial charge in [-0.2, -0.15) is 5.10 Å². The molecule has 1 aromatic rings. The maximum absolute atomic E-state index is 11.4. The number of nitrogens with zero attached hydrogens (tertiary/aromatic N) is 3. The number of aromatic nitrogens is 2. The van der Waals surface area contributed by atoms with E-state index in [1.807, 2.05) is 0 Å². The first kappa shape index (κ1) is 14.0. The molecule has 0 aliphatic heterocycles. The molecule has 0 fully saturated rings. The largest absolute Gasteiger partial charge is 0.480 e. The molecule has 1 aromatic heterocycles. The topological polar surface area (TPSA) is 101 Å². The Morgan fingerprint density at radius 2 is 2.11 bits per heavy atom. The Hall–Kier alpha value is -2.05. The zero-order valence-electron chi connectivity index (χ0n) is 11.0. The number of primary amides is 1. The Morgan fingerprint density at radius 3 is 2.50 bits per heavy atom. The average Bonchev–Trinajstić information content (AvgIpc) is 2.53. The van der Waals surface area contributed by atoms with Crippen molar-refractivity contribution in [2.45, 2.75) is 26.3 Å². The van der Waals surface area contributed by atoms with Gasteiger partial charge in [-0.15, -0.1) is 0 Å². The predicted molar refractivity (Wildman–Crippen MR) is 66.6 cm³/mol. The fraction of sp³-hybridized carbons (Fsp3) is 0.545. The van der Waals surface area contributed by atoms with Gasteiger partial charge in [-0.25, -0.2) is 4.79 Å². The molecule has 7 nitrogen and oxygen atoms in total. The number of carboxylic acid groups (broad SMARTS) is 1. The number of rotatable bonds is 5. The van der Waals surface area contributed by atoms with Crippen LogP contribution in [0.2, 0.25) is 0 Å². The first-order valence-electron chi connectivity index (χ1n) is 5.60. The number of aryl methyl sites for hydroxylation is 2. The smallest absolute Gasteiger partial charge is 0.326 e. The van der Waals surface area contributed by atoms with E-state index in [1.54, 1.807) is 27.9 Å². The second-order valence-corrected chi connectivity index (χ2v) is 4.15. The van der Waals surface area contributed by atoms with Crippen LogP contribution >= 0.6 is 0 Å². The minimum absolute atomic E-state index is 0.264. The number of carbonyl (C=O) groups is 2. The third-order valence-electron chi connectivity index (χ3n) is 2.91. The Bertz CT molecular complexity index is 481. The molecule has 3 N–H and O–H groups in total. The highest BCUT2D eigenvalue weighted by Gasteiger charge is 2.28. The van der Waals surface area contributed by atoms with Gasteiger partial charge in [-0.3, -0.25) is 9.48 Å². The van der Waals surface area contributed by atoms with Crippen LogP contribution in [-0.2, 0) is 11.8 Å². The number of carbonyl (C=O) groups excluding carboxylic acids is 1. The molecule has 0 aliphatic rings. The summed E-state index contributed by atoms with van der Waals surface area (Å²) in [5.41, 5.74) is 6.07. The molecule has 7 heteroatoms. The number of nitrogens with two attached hydrogens (primary N) is 1. The van der Waals surface area contributed by atoms with Crippen LogP contribution in [0.15, 0.2) is 0 Å². The highest BCUT2D eigenvalue weighted by Crippen LogP contribution is 2.24. The Balaban J connectivity index is 3.32. The SMILES string of the molecule is CCC(C(=O)O)N(C)c1c(C(N)=O)c(C)nn1C. The van der Waals surface area contributed by atoms with Gasteiger partial charge in [0, 0.05) is 14.1 Å². The highest BCUT2D eigenvalue weighted by atomic mass is 16.4. The number of aliphatic carboxylic acids is 1. The van der Waals surface area contributed by atoms with Crippen molar-refractivity contribution in [2.75, 3.05) is 11.9 Å². The number of carboxylic acids is 1. The Labute approximate surface area is 105 Å². The van der Waals surface area contributed by atoms with Crippen LogP contribution in [0.5, 0.6) is 0 Å². The molecule has 1 rings (SSSR count). The molecule has 1 heterocycles. The third kappa shape index (κ3) is 2.29. The lowest BCUT2D eigenvalue weighted by molar-refractivity contribution is -0.138. The van der Waals surface area contributed by atoms with Gasteiger partial charge >= 0.3 is 5.97 Å². The van der Waals surface area contributed by atoms with E-state index in [2.05, 4.69) is 5.10 Å². The lowest BCUT2D eigenvalue weighted by atomic mass is 10.1. The summed E-state index contributed by atoms with van der Waals surface area (Å²) >= 11 is 0. The van der Waals surface area contributed by atoms with Crippen molar-refractivity contribution in [3.05, 3.63) is 11.3 Å². The maximum Gasteiger partial charge on any atom is 0.326 e. The molecule has 0 aromatic carbocycles. The van der Waals surface area contributed by atoms with Crippen LogP contribution < -0.4 is 10.6 Å². The Morgan fingerprint density at radius 1 is 1.56 bits per heavy atom. The molecule has 18 heavy (non-hydrogen) atoms. The van der Waals surface area contributed by atoms with Crippen LogP contribution in [0.4, 0.5) is 5.82 Å². The number of hydrogen-bond acceptors (Lipinski definition) is 4. The first-order valence-corrected chi connectivity index (χ1v) is 5.60. The van der Waals surface area contributed by atoms with Gasteiger partial charge in [-0.05, 0) is 13.3 Å². The zero-order valence-corrected chi connectivity index (χ0v) is 11.0. The van der Waals surface area contributed by atoms with Crippen molar-refractivity contribution >= 4 is 17.7 Å². The normalized spacial score (nSPS) is 12.2. The highest BCUT2D eigenvalue weighted by molar-refractivity contribution is 5.99. The van der Waals surface area contributed by atoms with Crippen molar-refractivity contribution in [3.63, 3.8) is 0 Å². The van der Waals surface area contributed by atoms with Gasteiger partial charge in [0.05, 0.1) is 5.69 Å². The molecule has 1 atom stereocenters. The van der Waals surface area contributed by atoms with E-state index in [4.69, 9.17) is 10.8 Å². The van der Waals surface area contributed by atoms with Gasteiger partial charge < -0.3 is 15.7 Å². The predicted octanol–water partition coefficient (Wildman–Crippen LogP) is 0.127. The van der Waals surface area contributed by atoms with Crippen LogP contribution in [0.3, 0.4) is 0 Å². The number of likely N-dealkylation sites (N-methyl/N-ethyl adjacent to an activating group) is 1. The van der Waals surface area contributed by atoms with E-state index >= 15 is 0 Å². The van der Waals surface area contributed by atoms with Crippen molar-refractivity contribution in [2.24, 2.45) is 12.8 Å². The van der Waals surface area contributed by atoms with Crippen molar-refractivity contribution in [3.8, 4) is 0 Å². The van der Waals surface area contributed by atoms with Crippen LogP contribution in [0.25, 0.3) is 0 Å². The second-order valence-electron chi connectivity index (χ2n) is 4.15. The molecule has 100 valence electrons. The summed E-state index contributed by atoms with van der Waals surface area (Å²) in [6, 6.07) is -0.724. The number of hydrogen-bond donors (Lipinski definition) is 2. The fourth-order valence-corrected chi connectivity index (χ4v) is 2.10. The Kier molecular flexibility index (Phi) is 3.95. The van der Waals surface area contributed by atoms with Crippen molar-refractivity contribution < 1.29 is 14.7 Å². The molecule has 1 unspecified atom stereocenters. The van der Waals surface area contributed by atoms with Crippen LogP contribution in [0, 0.1) is 6.92 Å². The molecule has 0 radical (unpaired) electrons. The maximum atomic E-state index is 11.4. The standard InChI is InChI=1S/C11H18N4O3/c1-5-7(11(17)18)14(3)10-8(9(12)16)6(2)13-15(10)4/h7H,5H2,1-4H3,(H2,12,16)(H,17,18). The quantitative estimate of drug-likeness (QED) is 0.777. The lowest BCUT2D eigenvalue weighted by Crippen LogP contribution is -2.40. The molecule has 0 saturated carbocycles. The molecule has 1 amide bonds. The third-order valence-corrected chi connectivity index (χ3v) is 2.91. The summed E-state index contributed by atoms with van der Waals surface area (Å²) < 4.78 is 1.47. The molecule has 0 saturated heterocycles. The molecule has 0 aliphatic carbocycles. The molecular formula is C11H18N4O3. The summed E-state index contributed by atoms with van der Waals surface area (Å²) in [4.78, 5) is 24.1. The van der Waals surface area contributed by atoms with E-state index in [1.165, 1.54) is 9.58 Å². The van der Waals surface area contributed by atoms with Gasteiger partial charge in [0.15, 0.2) is 0 Å². The summed E-state index contributed by atoms with van der Waals surface area (Å²) in [6.45, 7) is 3.43. The summed E-state index contributed by atoms with van der Waals surface area (Å²) in [5, 5.41) is 13.3. The van der Waals surface area contributed by atoms with Crippen LogP contribution in [0.1, 0.15) is 29.4 Å². The minimum atomic E-state index is -0.950. The summed E-state index contributed by atoms with van der Waals surface area (Å²) in [7, 11) is 3.27. The monoisotopic (exact) mass is 254 g/mol. The number of amides is 1. The fourth-order valence-electron chi connectivity index (χ4n) is 2.10. The van der Waals surface area contributed by atoms with Gasteiger partial charge in [0.1, 0.15) is 17.4 Å². The van der Waals surface area contributed by atoms with Gasteiger partial charge in [-0.1, -0.05) is 6.92 Å². The van der Waals surface area contributed by atoms with Crippen molar-refractivity contribution in [1.29, 1.82) is 0 Å². The molecule has 0 spiro atoms. The van der Waals surface area contributed by atoms with E-state index in [9.17, 15) is 9.59 Å². The average molecular weight is 254 g/mol.